The summed E-state index contributed by atoms with van der Waals surface area (Å²) in [5.41, 5.74) is 1.93. The Balaban J connectivity index is 1.71. The third-order valence-electron chi connectivity index (χ3n) is 4.15. The summed E-state index contributed by atoms with van der Waals surface area (Å²) >= 11 is 0. The van der Waals surface area contributed by atoms with Crippen LogP contribution in [0, 0.1) is 0 Å². The largest absolute Gasteiger partial charge is 0.324 e. The predicted molar refractivity (Wildman–Crippen MR) is 92.2 cm³/mol. The van der Waals surface area contributed by atoms with E-state index >= 15 is 0 Å². The highest BCUT2D eigenvalue weighted by molar-refractivity contribution is 7.89. The Labute approximate surface area is 145 Å². The third kappa shape index (κ3) is 3.40. The van der Waals surface area contributed by atoms with Crippen molar-refractivity contribution in [2.45, 2.75) is 24.4 Å². The number of nitrogens with one attached hydrogen (secondary N) is 1. The number of rotatable bonds is 4. The fourth-order valence-electron chi connectivity index (χ4n) is 2.71. The van der Waals surface area contributed by atoms with Gasteiger partial charge < -0.3 is 10.2 Å². The minimum Gasteiger partial charge on any atom is -0.324 e. The Hall–Kier alpha value is -2.71. The van der Waals surface area contributed by atoms with Gasteiger partial charge in [-0.15, -0.1) is 0 Å². The Morgan fingerprint density at radius 2 is 1.80 bits per heavy atom. The second kappa shape index (κ2) is 6.30. The van der Waals surface area contributed by atoms with Gasteiger partial charge in [-0.25, -0.2) is 13.6 Å². The highest BCUT2D eigenvalue weighted by Gasteiger charge is 2.33. The number of amides is 2. The second-order valence-corrected chi connectivity index (χ2v) is 7.39. The molecule has 7 nitrogen and oxygen atoms in total. The van der Waals surface area contributed by atoms with Gasteiger partial charge >= 0.3 is 0 Å². The molecule has 3 N–H and O–H groups in total. The highest BCUT2D eigenvalue weighted by atomic mass is 32.2. The van der Waals surface area contributed by atoms with Gasteiger partial charge in [-0.3, -0.25) is 9.59 Å². The molecule has 1 atom stereocenters. The van der Waals surface area contributed by atoms with E-state index in [2.05, 4.69) is 5.32 Å². The SMILES string of the molecule is C[C@@H](C(=O)Nc1ccc(S(N)(=O)=O)cc1)N1Cc2ccccc2C1=O. The van der Waals surface area contributed by atoms with E-state index in [4.69, 9.17) is 5.14 Å². The van der Waals surface area contributed by atoms with Crippen molar-refractivity contribution < 1.29 is 18.0 Å². The van der Waals surface area contributed by atoms with Crippen molar-refractivity contribution >= 4 is 27.5 Å². The van der Waals surface area contributed by atoms with Crippen LogP contribution >= 0.6 is 0 Å². The summed E-state index contributed by atoms with van der Waals surface area (Å²) in [6, 6.07) is 12.1. The average molecular weight is 359 g/mol. The van der Waals surface area contributed by atoms with Crippen LogP contribution in [0.4, 0.5) is 5.69 Å². The van der Waals surface area contributed by atoms with Crippen molar-refractivity contribution in [2.75, 3.05) is 5.32 Å². The second-order valence-electron chi connectivity index (χ2n) is 5.82. The van der Waals surface area contributed by atoms with Crippen molar-refractivity contribution in [2.24, 2.45) is 5.14 Å². The van der Waals surface area contributed by atoms with E-state index in [1.54, 1.807) is 19.1 Å². The molecule has 0 fully saturated rings. The quantitative estimate of drug-likeness (QED) is 0.858. The number of anilines is 1. The van der Waals surface area contributed by atoms with Gasteiger partial charge in [-0.2, -0.15) is 0 Å². The number of carbonyl (C=O) groups excluding carboxylic acids is 2. The maximum absolute atomic E-state index is 12.4. The lowest BCUT2D eigenvalue weighted by Gasteiger charge is -2.23. The minimum absolute atomic E-state index is 0.0382. The predicted octanol–water partition coefficient (Wildman–Crippen LogP) is 1.32. The van der Waals surface area contributed by atoms with Crippen LogP contribution < -0.4 is 10.5 Å². The van der Waals surface area contributed by atoms with Crippen LogP contribution in [-0.2, 0) is 21.4 Å². The fourth-order valence-corrected chi connectivity index (χ4v) is 3.22. The Bertz CT molecular complexity index is 939. The number of fused-ring (bicyclic) bond motifs is 1. The zero-order valence-corrected chi connectivity index (χ0v) is 14.3. The van der Waals surface area contributed by atoms with Crippen molar-refractivity contribution in [1.29, 1.82) is 0 Å². The molecule has 0 aromatic heterocycles. The Morgan fingerprint density at radius 1 is 1.16 bits per heavy atom. The molecule has 0 radical (unpaired) electrons. The molecule has 0 saturated carbocycles. The summed E-state index contributed by atoms with van der Waals surface area (Å²) in [5.74, 6) is -0.535. The minimum atomic E-state index is -3.78. The summed E-state index contributed by atoms with van der Waals surface area (Å²) in [5, 5.41) is 7.71. The highest BCUT2D eigenvalue weighted by Crippen LogP contribution is 2.24. The van der Waals surface area contributed by atoms with Crippen molar-refractivity contribution in [1.82, 2.24) is 4.90 Å². The molecular weight excluding hydrogens is 342 g/mol. The fraction of sp³-hybridized carbons (Fsp3) is 0.176. The molecule has 130 valence electrons. The van der Waals surface area contributed by atoms with Crippen LogP contribution in [-0.4, -0.2) is 31.2 Å². The van der Waals surface area contributed by atoms with Crippen molar-refractivity contribution in [3.05, 3.63) is 59.7 Å². The van der Waals surface area contributed by atoms with E-state index in [-0.39, 0.29) is 16.7 Å². The first-order valence-corrected chi connectivity index (χ1v) is 9.14. The van der Waals surface area contributed by atoms with E-state index in [0.717, 1.165) is 5.56 Å². The lowest BCUT2D eigenvalue weighted by atomic mass is 10.1. The van der Waals surface area contributed by atoms with Crippen LogP contribution in [0.15, 0.2) is 53.4 Å². The van der Waals surface area contributed by atoms with Gasteiger partial charge in [0.1, 0.15) is 6.04 Å². The number of hydrogen-bond donors (Lipinski definition) is 2. The molecule has 1 heterocycles. The standard InChI is InChI=1S/C17H17N3O4S/c1-11(20-10-12-4-2-3-5-15(12)17(20)22)16(21)19-13-6-8-14(9-7-13)25(18,23)24/h2-9,11H,10H2,1H3,(H,19,21)(H2,18,23,24)/t11-/m0/s1. The summed E-state index contributed by atoms with van der Waals surface area (Å²) in [6.45, 7) is 2.03. The normalized spacial score (nSPS) is 15.0. The van der Waals surface area contributed by atoms with Gasteiger partial charge in [-0.1, -0.05) is 18.2 Å². The van der Waals surface area contributed by atoms with E-state index < -0.39 is 16.1 Å². The lowest BCUT2D eigenvalue weighted by molar-refractivity contribution is -0.120. The summed E-state index contributed by atoms with van der Waals surface area (Å²) in [4.78, 5) is 26.3. The van der Waals surface area contributed by atoms with Crippen molar-refractivity contribution in [3.63, 3.8) is 0 Å². The summed E-state index contributed by atoms with van der Waals surface area (Å²) < 4.78 is 22.5. The number of benzene rings is 2. The molecule has 0 saturated heterocycles. The van der Waals surface area contributed by atoms with Gasteiger partial charge in [0.15, 0.2) is 0 Å². The first-order valence-electron chi connectivity index (χ1n) is 7.60. The molecule has 1 aliphatic rings. The number of nitrogens with zero attached hydrogens (tertiary/aromatic N) is 1. The average Bonchev–Trinajstić information content (AvgIpc) is 2.91. The molecule has 0 unspecified atom stereocenters. The Kier molecular flexibility index (Phi) is 4.32. The van der Waals surface area contributed by atoms with Crippen molar-refractivity contribution in [3.8, 4) is 0 Å². The molecule has 2 aromatic carbocycles. The van der Waals surface area contributed by atoms with Crippen LogP contribution in [0.5, 0.6) is 0 Å². The van der Waals surface area contributed by atoms with E-state index in [0.29, 0.717) is 17.8 Å². The zero-order valence-electron chi connectivity index (χ0n) is 13.5. The van der Waals surface area contributed by atoms with Crippen LogP contribution in [0.3, 0.4) is 0 Å². The zero-order chi connectivity index (χ0) is 18.2. The smallest absolute Gasteiger partial charge is 0.255 e. The topological polar surface area (TPSA) is 110 Å². The van der Waals surface area contributed by atoms with Crippen LogP contribution in [0.1, 0.15) is 22.8 Å². The molecule has 0 aliphatic carbocycles. The number of primary sulfonamides is 1. The van der Waals surface area contributed by atoms with Gasteiger partial charge in [-0.05, 0) is 42.8 Å². The Morgan fingerprint density at radius 3 is 2.40 bits per heavy atom. The molecule has 0 spiro atoms. The summed E-state index contributed by atoms with van der Waals surface area (Å²) in [7, 11) is -3.78. The third-order valence-corrected chi connectivity index (χ3v) is 5.08. The molecule has 3 rings (SSSR count). The van der Waals surface area contributed by atoms with E-state index in [1.165, 1.54) is 29.2 Å². The molecule has 25 heavy (non-hydrogen) atoms. The van der Waals surface area contributed by atoms with E-state index in [1.807, 2.05) is 12.1 Å². The number of nitrogens with two attached hydrogens (primary N) is 1. The maximum Gasteiger partial charge on any atom is 0.255 e. The maximum atomic E-state index is 12.4. The first-order chi connectivity index (χ1) is 11.8. The van der Waals surface area contributed by atoms with Gasteiger partial charge in [0.25, 0.3) is 5.91 Å². The lowest BCUT2D eigenvalue weighted by Crippen LogP contribution is -2.42. The molecule has 1 aliphatic heterocycles. The van der Waals surface area contributed by atoms with Gasteiger partial charge in [0, 0.05) is 17.8 Å². The van der Waals surface area contributed by atoms with E-state index in [9.17, 15) is 18.0 Å². The summed E-state index contributed by atoms with van der Waals surface area (Å²) in [6.07, 6.45) is 0. The van der Waals surface area contributed by atoms with Crippen LogP contribution in [0.25, 0.3) is 0 Å². The van der Waals surface area contributed by atoms with Gasteiger partial charge in [0.2, 0.25) is 15.9 Å². The van der Waals surface area contributed by atoms with Gasteiger partial charge in [0.05, 0.1) is 4.90 Å². The molecule has 0 bridgehead atoms. The molecule has 2 aromatic rings. The monoisotopic (exact) mass is 359 g/mol. The van der Waals surface area contributed by atoms with Crippen LogP contribution in [0.2, 0.25) is 0 Å². The number of sulfonamides is 1. The molecular formula is C17H17N3O4S. The molecule has 2 amide bonds. The molecule has 8 heteroatoms. The first kappa shape index (κ1) is 17.1. The number of hydrogen-bond acceptors (Lipinski definition) is 4. The number of carbonyl (C=O) groups is 2.